The van der Waals surface area contributed by atoms with E-state index in [1.165, 1.54) is 9.87 Å². The molecular formula is C25H32N2O4S. The number of aryl methyl sites for hydroxylation is 2. The minimum Gasteiger partial charge on any atom is -0.489 e. The van der Waals surface area contributed by atoms with Gasteiger partial charge in [-0.05, 0) is 67.6 Å². The standard InChI is InChI=1S/C25H32N2O4S/c1-17(2)15-27(22-9-7-21(8-10-22)18(3)4)32(28,29)24-13-11-23(12-14-24)30-16-25-19(5)26-31-20(25)6/h7-14,17-18H,15-16H2,1-6H3. The second kappa shape index (κ2) is 9.77. The quantitative estimate of drug-likeness (QED) is 0.404. The molecule has 3 rings (SSSR count). The van der Waals surface area contributed by atoms with Gasteiger partial charge in [0.25, 0.3) is 10.0 Å². The molecule has 0 aliphatic carbocycles. The van der Waals surface area contributed by atoms with Crippen LogP contribution in [-0.4, -0.2) is 20.1 Å². The number of ether oxygens (including phenoxy) is 1. The van der Waals surface area contributed by atoms with E-state index in [1.54, 1.807) is 24.3 Å². The van der Waals surface area contributed by atoms with Gasteiger partial charge in [-0.15, -0.1) is 0 Å². The summed E-state index contributed by atoms with van der Waals surface area (Å²) in [5.41, 5.74) is 3.53. The molecule has 0 spiro atoms. The van der Waals surface area contributed by atoms with Gasteiger partial charge in [0.05, 0.1) is 21.8 Å². The van der Waals surface area contributed by atoms with Gasteiger partial charge in [-0.25, -0.2) is 8.42 Å². The maximum absolute atomic E-state index is 13.5. The van der Waals surface area contributed by atoms with Gasteiger partial charge in [0, 0.05) is 6.54 Å². The number of hydrogen-bond acceptors (Lipinski definition) is 5. The SMILES string of the molecule is Cc1noc(C)c1COc1ccc(S(=O)(=O)N(CC(C)C)c2ccc(C(C)C)cc2)cc1. The molecule has 0 N–H and O–H groups in total. The van der Waals surface area contributed by atoms with Crippen LogP contribution < -0.4 is 9.04 Å². The van der Waals surface area contributed by atoms with E-state index in [0.717, 1.165) is 17.0 Å². The highest BCUT2D eigenvalue weighted by Crippen LogP contribution is 2.28. The lowest BCUT2D eigenvalue weighted by Gasteiger charge is -2.26. The molecular weight excluding hydrogens is 424 g/mol. The first-order valence-corrected chi connectivity index (χ1v) is 12.3. The Morgan fingerprint density at radius 2 is 1.59 bits per heavy atom. The van der Waals surface area contributed by atoms with Crippen molar-refractivity contribution in [3.05, 3.63) is 71.1 Å². The third-order valence-corrected chi connectivity index (χ3v) is 7.16. The Kier molecular flexibility index (Phi) is 7.29. The zero-order valence-electron chi connectivity index (χ0n) is 19.6. The van der Waals surface area contributed by atoms with E-state index >= 15 is 0 Å². The van der Waals surface area contributed by atoms with E-state index in [0.29, 0.717) is 30.5 Å². The number of benzene rings is 2. The van der Waals surface area contributed by atoms with Crippen LogP contribution in [0.5, 0.6) is 5.75 Å². The summed E-state index contributed by atoms with van der Waals surface area (Å²) < 4.78 is 39.5. The molecule has 0 aliphatic rings. The normalized spacial score (nSPS) is 11.9. The van der Waals surface area contributed by atoms with Crippen molar-refractivity contribution in [2.75, 3.05) is 10.8 Å². The Morgan fingerprint density at radius 1 is 0.969 bits per heavy atom. The third-order valence-electron chi connectivity index (χ3n) is 5.35. The van der Waals surface area contributed by atoms with Gasteiger partial charge in [0.1, 0.15) is 18.1 Å². The predicted octanol–water partition coefficient (Wildman–Crippen LogP) is 5.85. The average molecular weight is 457 g/mol. The van der Waals surface area contributed by atoms with Crippen LogP contribution in [0.2, 0.25) is 0 Å². The topological polar surface area (TPSA) is 72.6 Å². The maximum Gasteiger partial charge on any atom is 0.264 e. The molecule has 1 aromatic heterocycles. The van der Waals surface area contributed by atoms with Crippen LogP contribution >= 0.6 is 0 Å². The summed E-state index contributed by atoms with van der Waals surface area (Å²) in [6.45, 7) is 12.7. The fourth-order valence-corrected chi connectivity index (χ4v) is 5.03. The molecule has 172 valence electrons. The highest BCUT2D eigenvalue weighted by molar-refractivity contribution is 7.92. The van der Waals surface area contributed by atoms with Crippen molar-refractivity contribution in [1.82, 2.24) is 5.16 Å². The highest BCUT2D eigenvalue weighted by atomic mass is 32.2. The van der Waals surface area contributed by atoms with Crippen LogP contribution in [0.15, 0.2) is 57.9 Å². The summed E-state index contributed by atoms with van der Waals surface area (Å²) >= 11 is 0. The van der Waals surface area contributed by atoms with Crippen LogP contribution in [0.3, 0.4) is 0 Å². The summed E-state index contributed by atoms with van der Waals surface area (Å²) in [6.07, 6.45) is 0. The van der Waals surface area contributed by atoms with Gasteiger partial charge in [0.2, 0.25) is 0 Å². The van der Waals surface area contributed by atoms with E-state index in [-0.39, 0.29) is 10.8 Å². The zero-order chi connectivity index (χ0) is 23.5. The van der Waals surface area contributed by atoms with E-state index in [1.807, 2.05) is 52.0 Å². The molecule has 0 saturated carbocycles. The predicted molar refractivity (Wildman–Crippen MR) is 127 cm³/mol. The van der Waals surface area contributed by atoms with E-state index < -0.39 is 10.0 Å². The number of hydrogen-bond donors (Lipinski definition) is 0. The largest absolute Gasteiger partial charge is 0.489 e. The molecule has 1 heterocycles. The smallest absolute Gasteiger partial charge is 0.264 e. The maximum atomic E-state index is 13.5. The Labute approximate surface area is 191 Å². The average Bonchev–Trinajstić information content (AvgIpc) is 3.08. The van der Waals surface area contributed by atoms with Crippen LogP contribution in [0.4, 0.5) is 5.69 Å². The Hall–Kier alpha value is -2.80. The van der Waals surface area contributed by atoms with Gasteiger partial charge < -0.3 is 9.26 Å². The lowest BCUT2D eigenvalue weighted by molar-refractivity contribution is 0.301. The first kappa shape index (κ1) is 23.9. The second-order valence-electron chi connectivity index (χ2n) is 8.74. The van der Waals surface area contributed by atoms with Crippen molar-refractivity contribution in [3.8, 4) is 5.75 Å². The van der Waals surface area contributed by atoms with Gasteiger partial charge in [-0.3, -0.25) is 4.31 Å². The van der Waals surface area contributed by atoms with Gasteiger partial charge in [-0.1, -0.05) is 45.0 Å². The molecule has 0 fully saturated rings. The molecule has 32 heavy (non-hydrogen) atoms. The van der Waals surface area contributed by atoms with E-state index in [4.69, 9.17) is 9.26 Å². The minimum atomic E-state index is -3.72. The molecule has 6 nitrogen and oxygen atoms in total. The molecule has 7 heteroatoms. The highest BCUT2D eigenvalue weighted by Gasteiger charge is 2.26. The number of anilines is 1. The molecule has 0 amide bonds. The van der Waals surface area contributed by atoms with Crippen molar-refractivity contribution < 1.29 is 17.7 Å². The second-order valence-corrected chi connectivity index (χ2v) is 10.6. The monoisotopic (exact) mass is 456 g/mol. The molecule has 0 unspecified atom stereocenters. The van der Waals surface area contributed by atoms with Gasteiger partial charge >= 0.3 is 0 Å². The summed E-state index contributed by atoms with van der Waals surface area (Å²) in [6, 6.07) is 14.3. The van der Waals surface area contributed by atoms with Crippen molar-refractivity contribution in [2.24, 2.45) is 5.92 Å². The molecule has 0 aliphatic heterocycles. The molecule has 0 radical (unpaired) electrons. The van der Waals surface area contributed by atoms with E-state index in [2.05, 4.69) is 19.0 Å². The van der Waals surface area contributed by atoms with Crippen LogP contribution in [-0.2, 0) is 16.6 Å². The Bertz CT molecular complexity index is 1110. The summed E-state index contributed by atoms with van der Waals surface area (Å²) in [5, 5.41) is 3.92. The zero-order valence-corrected chi connectivity index (χ0v) is 20.4. The van der Waals surface area contributed by atoms with Crippen molar-refractivity contribution >= 4 is 15.7 Å². The van der Waals surface area contributed by atoms with Crippen LogP contribution in [0.25, 0.3) is 0 Å². The summed E-state index contributed by atoms with van der Waals surface area (Å²) in [4.78, 5) is 0.232. The first-order chi connectivity index (χ1) is 15.1. The van der Waals surface area contributed by atoms with Crippen LogP contribution in [0.1, 0.15) is 56.2 Å². The van der Waals surface area contributed by atoms with Gasteiger partial charge in [-0.2, -0.15) is 0 Å². The molecule has 0 atom stereocenters. The number of nitrogens with zero attached hydrogens (tertiary/aromatic N) is 2. The third kappa shape index (κ3) is 5.33. The Balaban J connectivity index is 1.83. The lowest BCUT2D eigenvalue weighted by atomic mass is 10.0. The fraction of sp³-hybridized carbons (Fsp3) is 0.400. The lowest BCUT2D eigenvalue weighted by Crippen LogP contribution is -2.34. The summed E-state index contributed by atoms with van der Waals surface area (Å²) in [5.74, 6) is 1.86. The summed E-state index contributed by atoms with van der Waals surface area (Å²) in [7, 11) is -3.72. The molecule has 3 aromatic rings. The fourth-order valence-electron chi connectivity index (χ4n) is 3.40. The van der Waals surface area contributed by atoms with Crippen molar-refractivity contribution in [1.29, 1.82) is 0 Å². The van der Waals surface area contributed by atoms with E-state index in [9.17, 15) is 8.42 Å². The molecule has 0 bridgehead atoms. The first-order valence-electron chi connectivity index (χ1n) is 10.9. The number of rotatable bonds is 9. The molecule has 0 saturated heterocycles. The number of sulfonamides is 1. The number of aromatic nitrogens is 1. The Morgan fingerprint density at radius 3 is 2.09 bits per heavy atom. The minimum absolute atomic E-state index is 0.173. The molecule has 2 aromatic carbocycles. The van der Waals surface area contributed by atoms with Gasteiger partial charge in [0.15, 0.2) is 0 Å². The van der Waals surface area contributed by atoms with Crippen molar-refractivity contribution in [3.63, 3.8) is 0 Å². The van der Waals surface area contributed by atoms with Crippen LogP contribution in [0, 0.1) is 19.8 Å². The van der Waals surface area contributed by atoms with Crippen molar-refractivity contribution in [2.45, 2.75) is 59.0 Å².